The van der Waals surface area contributed by atoms with Crippen LogP contribution in [0.25, 0.3) is 22.3 Å². The highest BCUT2D eigenvalue weighted by Crippen LogP contribution is 2.29. The minimum Gasteiger partial charge on any atom is -0.508 e. The van der Waals surface area contributed by atoms with Gasteiger partial charge in [-0.15, -0.1) is 0 Å². The van der Waals surface area contributed by atoms with Crippen molar-refractivity contribution in [3.8, 4) is 33.8 Å². The number of aromatic hydroxyl groups is 2. The van der Waals surface area contributed by atoms with Crippen molar-refractivity contribution < 1.29 is 10.2 Å². The maximum Gasteiger partial charge on any atom is 0.115 e. The lowest BCUT2D eigenvalue weighted by atomic mass is 9.96. The Kier molecular flexibility index (Phi) is 3.36. The lowest BCUT2D eigenvalue weighted by molar-refractivity contribution is 0.475. The summed E-state index contributed by atoms with van der Waals surface area (Å²) < 4.78 is 0. The van der Waals surface area contributed by atoms with Crippen molar-refractivity contribution in [3.63, 3.8) is 0 Å². The van der Waals surface area contributed by atoms with Gasteiger partial charge in [-0.05, 0) is 65.1 Å². The smallest absolute Gasteiger partial charge is 0.115 e. The second kappa shape index (κ2) is 5.33. The molecular formula is C19H16O2. The molecule has 2 heteroatoms. The fourth-order valence-electron chi connectivity index (χ4n) is 2.42. The van der Waals surface area contributed by atoms with Gasteiger partial charge in [-0.25, -0.2) is 0 Å². The summed E-state index contributed by atoms with van der Waals surface area (Å²) >= 11 is 0. The SMILES string of the molecule is Cc1cc(-c2ccc(O)cc2)cc(-c2ccc(O)cc2)c1. The third-order valence-electron chi connectivity index (χ3n) is 3.48. The van der Waals surface area contributed by atoms with E-state index in [-0.39, 0.29) is 11.5 Å². The number of benzene rings is 3. The van der Waals surface area contributed by atoms with Crippen LogP contribution in [-0.4, -0.2) is 10.2 Å². The van der Waals surface area contributed by atoms with E-state index in [0.717, 1.165) is 22.3 Å². The summed E-state index contributed by atoms with van der Waals surface area (Å²) in [6.07, 6.45) is 0. The highest BCUT2D eigenvalue weighted by Gasteiger charge is 2.04. The highest BCUT2D eigenvalue weighted by atomic mass is 16.3. The van der Waals surface area contributed by atoms with Crippen LogP contribution in [0.5, 0.6) is 11.5 Å². The molecule has 0 aliphatic heterocycles. The van der Waals surface area contributed by atoms with E-state index in [1.807, 2.05) is 24.3 Å². The lowest BCUT2D eigenvalue weighted by Crippen LogP contribution is -1.84. The van der Waals surface area contributed by atoms with Gasteiger partial charge in [0.15, 0.2) is 0 Å². The molecule has 0 radical (unpaired) electrons. The first kappa shape index (κ1) is 13.3. The second-order valence-electron chi connectivity index (χ2n) is 5.18. The van der Waals surface area contributed by atoms with Gasteiger partial charge in [0.05, 0.1) is 0 Å². The first-order valence-electron chi connectivity index (χ1n) is 6.82. The summed E-state index contributed by atoms with van der Waals surface area (Å²) in [7, 11) is 0. The molecule has 0 saturated carbocycles. The number of phenolic OH excluding ortho intramolecular Hbond substituents is 2. The maximum atomic E-state index is 9.39. The second-order valence-corrected chi connectivity index (χ2v) is 5.18. The van der Waals surface area contributed by atoms with E-state index in [1.54, 1.807) is 24.3 Å². The van der Waals surface area contributed by atoms with Gasteiger partial charge in [0.1, 0.15) is 11.5 Å². The molecule has 0 atom stereocenters. The fraction of sp³-hybridized carbons (Fsp3) is 0.0526. The third kappa shape index (κ3) is 2.90. The molecule has 0 bridgehead atoms. The number of aryl methyl sites for hydroxylation is 1. The normalized spacial score (nSPS) is 10.5. The van der Waals surface area contributed by atoms with Gasteiger partial charge in [0.2, 0.25) is 0 Å². The van der Waals surface area contributed by atoms with Crippen molar-refractivity contribution in [2.75, 3.05) is 0 Å². The molecule has 21 heavy (non-hydrogen) atoms. The molecule has 3 aromatic carbocycles. The first-order chi connectivity index (χ1) is 10.1. The summed E-state index contributed by atoms with van der Waals surface area (Å²) in [4.78, 5) is 0. The van der Waals surface area contributed by atoms with E-state index in [4.69, 9.17) is 0 Å². The third-order valence-corrected chi connectivity index (χ3v) is 3.48. The van der Waals surface area contributed by atoms with Crippen LogP contribution in [0.15, 0.2) is 66.7 Å². The Morgan fingerprint density at radius 1 is 0.524 bits per heavy atom. The molecule has 0 saturated heterocycles. The quantitative estimate of drug-likeness (QED) is 0.709. The van der Waals surface area contributed by atoms with E-state index in [2.05, 4.69) is 25.1 Å². The van der Waals surface area contributed by atoms with Crippen molar-refractivity contribution in [3.05, 3.63) is 72.3 Å². The molecule has 0 spiro atoms. The summed E-state index contributed by atoms with van der Waals surface area (Å²) in [5, 5.41) is 18.8. The van der Waals surface area contributed by atoms with E-state index in [1.165, 1.54) is 5.56 Å². The van der Waals surface area contributed by atoms with E-state index < -0.39 is 0 Å². The van der Waals surface area contributed by atoms with Crippen LogP contribution in [-0.2, 0) is 0 Å². The Hall–Kier alpha value is -2.74. The monoisotopic (exact) mass is 276 g/mol. The van der Waals surface area contributed by atoms with Crippen molar-refractivity contribution in [2.45, 2.75) is 6.92 Å². The average molecular weight is 276 g/mol. The Morgan fingerprint density at radius 3 is 1.29 bits per heavy atom. The van der Waals surface area contributed by atoms with Crippen molar-refractivity contribution in [1.29, 1.82) is 0 Å². The van der Waals surface area contributed by atoms with Gasteiger partial charge in [0, 0.05) is 0 Å². The van der Waals surface area contributed by atoms with Crippen LogP contribution in [0, 0.1) is 6.92 Å². The van der Waals surface area contributed by atoms with E-state index in [9.17, 15) is 10.2 Å². The van der Waals surface area contributed by atoms with Gasteiger partial charge >= 0.3 is 0 Å². The molecule has 0 aliphatic carbocycles. The maximum absolute atomic E-state index is 9.39. The topological polar surface area (TPSA) is 40.5 Å². The standard InChI is InChI=1S/C19H16O2/c1-13-10-16(14-2-6-18(20)7-3-14)12-17(11-13)15-4-8-19(21)9-5-15/h2-12,20-21H,1H3. The number of phenols is 2. The number of hydrogen-bond acceptors (Lipinski definition) is 2. The zero-order chi connectivity index (χ0) is 14.8. The van der Waals surface area contributed by atoms with Gasteiger partial charge < -0.3 is 10.2 Å². The molecule has 3 rings (SSSR count). The van der Waals surface area contributed by atoms with Crippen molar-refractivity contribution >= 4 is 0 Å². The molecule has 3 aromatic rings. The number of rotatable bonds is 2. The Balaban J connectivity index is 2.07. The van der Waals surface area contributed by atoms with Crippen molar-refractivity contribution in [2.24, 2.45) is 0 Å². The molecule has 2 nitrogen and oxygen atoms in total. The predicted molar refractivity (Wildman–Crippen MR) is 85.4 cm³/mol. The van der Waals surface area contributed by atoms with Crippen LogP contribution in [0.3, 0.4) is 0 Å². The fourth-order valence-corrected chi connectivity index (χ4v) is 2.42. The molecule has 0 aliphatic rings. The summed E-state index contributed by atoms with van der Waals surface area (Å²) in [6, 6.07) is 20.8. The first-order valence-corrected chi connectivity index (χ1v) is 6.82. The molecule has 0 aromatic heterocycles. The zero-order valence-corrected chi connectivity index (χ0v) is 11.7. The Labute approximate surface area is 123 Å². The van der Waals surface area contributed by atoms with Crippen molar-refractivity contribution in [1.82, 2.24) is 0 Å². The average Bonchev–Trinajstić information content (AvgIpc) is 2.48. The summed E-state index contributed by atoms with van der Waals surface area (Å²) in [5.41, 5.74) is 5.52. The van der Waals surface area contributed by atoms with Crippen LogP contribution >= 0.6 is 0 Å². The molecule has 0 amide bonds. The van der Waals surface area contributed by atoms with Gasteiger partial charge in [0.25, 0.3) is 0 Å². The van der Waals surface area contributed by atoms with Gasteiger partial charge in [-0.2, -0.15) is 0 Å². The Bertz CT molecular complexity index is 693. The Morgan fingerprint density at radius 2 is 0.905 bits per heavy atom. The largest absolute Gasteiger partial charge is 0.508 e. The minimum atomic E-state index is 0.269. The molecule has 0 fully saturated rings. The van der Waals surface area contributed by atoms with Crippen LogP contribution in [0.2, 0.25) is 0 Å². The summed E-state index contributed by atoms with van der Waals surface area (Å²) in [6.45, 7) is 2.06. The van der Waals surface area contributed by atoms with Crippen LogP contribution in [0.1, 0.15) is 5.56 Å². The lowest BCUT2D eigenvalue weighted by Gasteiger charge is -2.09. The molecular weight excluding hydrogens is 260 g/mol. The van der Waals surface area contributed by atoms with Crippen LogP contribution < -0.4 is 0 Å². The predicted octanol–water partition coefficient (Wildman–Crippen LogP) is 4.74. The van der Waals surface area contributed by atoms with Crippen LogP contribution in [0.4, 0.5) is 0 Å². The van der Waals surface area contributed by atoms with Gasteiger partial charge in [-0.1, -0.05) is 36.4 Å². The zero-order valence-electron chi connectivity index (χ0n) is 11.7. The molecule has 2 N–H and O–H groups in total. The minimum absolute atomic E-state index is 0.269. The number of hydrogen-bond donors (Lipinski definition) is 2. The van der Waals surface area contributed by atoms with Gasteiger partial charge in [-0.3, -0.25) is 0 Å². The van der Waals surface area contributed by atoms with E-state index >= 15 is 0 Å². The molecule has 0 unspecified atom stereocenters. The summed E-state index contributed by atoms with van der Waals surface area (Å²) in [5.74, 6) is 0.537. The molecule has 0 heterocycles. The highest BCUT2D eigenvalue weighted by molar-refractivity contribution is 5.74. The van der Waals surface area contributed by atoms with E-state index in [0.29, 0.717) is 0 Å². The molecule has 104 valence electrons.